The molecule has 172 valence electrons. The summed E-state index contributed by atoms with van der Waals surface area (Å²) >= 11 is 1.30. The summed E-state index contributed by atoms with van der Waals surface area (Å²) < 4.78 is 3.57. The van der Waals surface area contributed by atoms with Gasteiger partial charge in [0.25, 0.3) is 5.56 Å². The van der Waals surface area contributed by atoms with E-state index in [-0.39, 0.29) is 17.2 Å². The molecule has 5 rings (SSSR count). The molecule has 0 unspecified atom stereocenters. The van der Waals surface area contributed by atoms with E-state index < -0.39 is 0 Å². The monoisotopic (exact) mass is 471 g/mol. The molecule has 0 saturated heterocycles. The summed E-state index contributed by atoms with van der Waals surface area (Å²) in [4.78, 5) is 25.8. The fourth-order valence-corrected chi connectivity index (χ4v) is 4.75. The van der Waals surface area contributed by atoms with Gasteiger partial charge in [-0.25, -0.2) is 0 Å². The molecule has 1 N–H and O–H groups in total. The molecule has 34 heavy (non-hydrogen) atoms. The zero-order valence-corrected chi connectivity index (χ0v) is 19.9. The van der Waals surface area contributed by atoms with Gasteiger partial charge in [-0.3, -0.25) is 18.6 Å². The standard InChI is InChI=1S/C26H25N5O2S/c1-17(2)13-14-30-24(33)21-9-5-6-10-22(21)31-25(30)28-29-26(31)34-16-23(32)27-20-12-11-18-7-3-4-8-19(18)15-20/h3-12,15,17H,13-14,16H2,1-2H3,(H,27,32). The van der Waals surface area contributed by atoms with Crippen molar-refractivity contribution in [3.05, 3.63) is 77.1 Å². The van der Waals surface area contributed by atoms with Crippen LogP contribution in [0.2, 0.25) is 0 Å². The van der Waals surface area contributed by atoms with Crippen LogP contribution in [0.5, 0.6) is 0 Å². The second-order valence-electron chi connectivity index (χ2n) is 8.67. The predicted octanol–water partition coefficient (Wildman–Crippen LogP) is 4.97. The number of carbonyl (C=O) groups is 1. The lowest BCUT2D eigenvalue weighted by atomic mass is 10.1. The molecule has 0 atom stereocenters. The Bertz CT molecular complexity index is 1570. The molecule has 0 fully saturated rings. The van der Waals surface area contributed by atoms with E-state index in [1.807, 2.05) is 71.1 Å². The number of hydrogen-bond donors (Lipinski definition) is 1. The van der Waals surface area contributed by atoms with E-state index in [2.05, 4.69) is 29.4 Å². The van der Waals surface area contributed by atoms with Crippen molar-refractivity contribution in [2.45, 2.75) is 32.0 Å². The highest BCUT2D eigenvalue weighted by atomic mass is 32.2. The number of carbonyl (C=O) groups excluding carboxylic acids is 1. The van der Waals surface area contributed by atoms with Gasteiger partial charge < -0.3 is 5.32 Å². The third-order valence-corrected chi connectivity index (χ3v) is 6.70. The van der Waals surface area contributed by atoms with Crippen LogP contribution in [-0.4, -0.2) is 30.8 Å². The predicted molar refractivity (Wildman–Crippen MR) is 138 cm³/mol. The molecule has 0 saturated carbocycles. The van der Waals surface area contributed by atoms with Crippen LogP contribution >= 0.6 is 11.8 Å². The molecule has 5 aromatic rings. The highest BCUT2D eigenvalue weighted by molar-refractivity contribution is 7.99. The smallest absolute Gasteiger partial charge is 0.262 e. The summed E-state index contributed by atoms with van der Waals surface area (Å²) in [5.41, 5.74) is 1.43. The van der Waals surface area contributed by atoms with Crippen molar-refractivity contribution in [1.29, 1.82) is 0 Å². The number of aromatic nitrogens is 4. The van der Waals surface area contributed by atoms with Gasteiger partial charge >= 0.3 is 0 Å². The van der Waals surface area contributed by atoms with Gasteiger partial charge in [-0.2, -0.15) is 0 Å². The SMILES string of the molecule is CC(C)CCn1c(=O)c2ccccc2n2c(SCC(=O)Nc3ccc4ccccc4c3)nnc12. The molecule has 7 nitrogen and oxygen atoms in total. The molecule has 0 radical (unpaired) electrons. The molecule has 0 aliphatic carbocycles. The minimum Gasteiger partial charge on any atom is -0.325 e. The number of nitrogens with one attached hydrogen (secondary N) is 1. The Labute approximate surface area is 200 Å². The number of anilines is 1. The zero-order valence-electron chi connectivity index (χ0n) is 19.1. The number of rotatable bonds is 7. The number of hydrogen-bond acceptors (Lipinski definition) is 5. The summed E-state index contributed by atoms with van der Waals surface area (Å²) in [6.45, 7) is 4.82. The molecule has 3 aromatic carbocycles. The van der Waals surface area contributed by atoms with Gasteiger partial charge in [-0.05, 0) is 47.4 Å². The Morgan fingerprint density at radius 1 is 1.00 bits per heavy atom. The van der Waals surface area contributed by atoms with Crippen LogP contribution in [0, 0.1) is 5.92 Å². The average molecular weight is 472 g/mol. The number of para-hydroxylation sites is 1. The van der Waals surface area contributed by atoms with Crippen molar-refractivity contribution in [3.8, 4) is 0 Å². The Kier molecular flexibility index (Phi) is 6.06. The molecule has 0 bridgehead atoms. The Balaban J connectivity index is 1.42. The van der Waals surface area contributed by atoms with E-state index in [9.17, 15) is 9.59 Å². The molecule has 8 heteroatoms. The second kappa shape index (κ2) is 9.30. The minimum absolute atomic E-state index is 0.0678. The maximum atomic E-state index is 13.1. The van der Waals surface area contributed by atoms with Gasteiger partial charge in [-0.15, -0.1) is 10.2 Å². The van der Waals surface area contributed by atoms with Crippen molar-refractivity contribution >= 4 is 50.8 Å². The molecule has 2 heterocycles. The number of thioether (sulfide) groups is 1. The number of aryl methyl sites for hydroxylation is 1. The molecule has 0 spiro atoms. The number of amides is 1. The van der Waals surface area contributed by atoms with Crippen molar-refractivity contribution in [2.24, 2.45) is 5.92 Å². The van der Waals surface area contributed by atoms with E-state index in [4.69, 9.17) is 0 Å². The van der Waals surface area contributed by atoms with E-state index >= 15 is 0 Å². The van der Waals surface area contributed by atoms with Crippen molar-refractivity contribution < 1.29 is 4.79 Å². The summed E-state index contributed by atoms with van der Waals surface area (Å²) in [6, 6.07) is 21.3. The highest BCUT2D eigenvalue weighted by Crippen LogP contribution is 2.23. The normalized spacial score (nSPS) is 11.6. The fourth-order valence-electron chi connectivity index (χ4n) is 4.01. The van der Waals surface area contributed by atoms with Gasteiger partial charge in [0, 0.05) is 12.2 Å². The second-order valence-corrected chi connectivity index (χ2v) is 9.62. The molecular formula is C26H25N5O2S. The lowest BCUT2D eigenvalue weighted by Gasteiger charge is -2.12. The van der Waals surface area contributed by atoms with Gasteiger partial charge in [0.2, 0.25) is 11.7 Å². The van der Waals surface area contributed by atoms with Crippen LogP contribution in [0.4, 0.5) is 5.69 Å². The van der Waals surface area contributed by atoms with E-state index in [1.165, 1.54) is 11.8 Å². The minimum atomic E-state index is -0.130. The first-order valence-corrected chi connectivity index (χ1v) is 12.3. The molecular weight excluding hydrogens is 446 g/mol. The van der Waals surface area contributed by atoms with Crippen LogP contribution in [-0.2, 0) is 11.3 Å². The maximum absolute atomic E-state index is 13.1. The van der Waals surface area contributed by atoms with E-state index in [0.29, 0.717) is 28.8 Å². The van der Waals surface area contributed by atoms with Crippen molar-refractivity contribution in [3.63, 3.8) is 0 Å². The molecule has 2 aromatic heterocycles. The number of fused-ring (bicyclic) bond motifs is 4. The lowest BCUT2D eigenvalue weighted by Crippen LogP contribution is -2.24. The summed E-state index contributed by atoms with van der Waals surface area (Å²) in [5, 5.41) is 15.0. The van der Waals surface area contributed by atoms with Crippen LogP contribution in [0.3, 0.4) is 0 Å². The van der Waals surface area contributed by atoms with Gasteiger partial charge in [-0.1, -0.05) is 68.1 Å². The topological polar surface area (TPSA) is 81.3 Å². The molecule has 0 aliphatic heterocycles. The first-order valence-electron chi connectivity index (χ1n) is 11.3. The number of benzene rings is 3. The van der Waals surface area contributed by atoms with Crippen molar-refractivity contribution in [1.82, 2.24) is 19.2 Å². The maximum Gasteiger partial charge on any atom is 0.262 e. The first kappa shape index (κ1) is 22.2. The van der Waals surface area contributed by atoms with Crippen LogP contribution in [0.25, 0.3) is 27.5 Å². The first-order chi connectivity index (χ1) is 16.5. The Hall–Kier alpha value is -3.65. The van der Waals surface area contributed by atoms with Gasteiger partial charge in [0.15, 0.2) is 5.16 Å². The van der Waals surface area contributed by atoms with Crippen LogP contribution in [0.15, 0.2) is 76.7 Å². The van der Waals surface area contributed by atoms with E-state index in [0.717, 1.165) is 28.4 Å². The molecule has 1 amide bonds. The number of nitrogens with zero attached hydrogens (tertiary/aromatic N) is 4. The third-order valence-electron chi connectivity index (χ3n) is 5.77. The quantitative estimate of drug-likeness (QED) is 0.339. The van der Waals surface area contributed by atoms with Gasteiger partial charge in [0.05, 0.1) is 16.7 Å². The summed E-state index contributed by atoms with van der Waals surface area (Å²) in [6.07, 6.45) is 0.859. The van der Waals surface area contributed by atoms with Gasteiger partial charge in [0.1, 0.15) is 0 Å². The Morgan fingerprint density at radius 2 is 1.76 bits per heavy atom. The largest absolute Gasteiger partial charge is 0.325 e. The van der Waals surface area contributed by atoms with Crippen LogP contribution in [0.1, 0.15) is 20.3 Å². The lowest BCUT2D eigenvalue weighted by molar-refractivity contribution is -0.113. The van der Waals surface area contributed by atoms with Crippen molar-refractivity contribution in [2.75, 3.05) is 11.1 Å². The third kappa shape index (κ3) is 4.28. The fraction of sp³-hybridized carbons (Fsp3) is 0.231. The average Bonchev–Trinajstić information content (AvgIpc) is 3.26. The Morgan fingerprint density at radius 3 is 2.59 bits per heavy atom. The zero-order chi connectivity index (χ0) is 23.7. The highest BCUT2D eigenvalue weighted by Gasteiger charge is 2.18. The summed E-state index contributed by atoms with van der Waals surface area (Å²) in [5.74, 6) is 0.998. The van der Waals surface area contributed by atoms with Crippen LogP contribution < -0.4 is 10.9 Å². The summed E-state index contributed by atoms with van der Waals surface area (Å²) in [7, 11) is 0. The molecule has 0 aliphatic rings. The van der Waals surface area contributed by atoms with E-state index in [1.54, 1.807) is 4.57 Å².